The summed E-state index contributed by atoms with van der Waals surface area (Å²) in [5, 5.41) is 0. The Balaban J connectivity index is 4.02. The summed E-state index contributed by atoms with van der Waals surface area (Å²) in [6.45, 7) is 11.8. The number of hydrogen-bond donors (Lipinski definition) is 0. The molecule has 0 bridgehead atoms. The van der Waals surface area contributed by atoms with Crippen molar-refractivity contribution in [3.05, 3.63) is 73.1 Å². The van der Waals surface area contributed by atoms with E-state index >= 15 is 0 Å². The summed E-state index contributed by atoms with van der Waals surface area (Å²) >= 11 is 0. The maximum Gasteiger partial charge on any atom is 0.506 e. The molecule has 0 N–H and O–H groups in total. The molecule has 1 atom stereocenters. The van der Waals surface area contributed by atoms with E-state index in [4.69, 9.17) is 9.31 Å². The van der Waals surface area contributed by atoms with Crippen LogP contribution >= 0.6 is 0 Å². The van der Waals surface area contributed by atoms with Crippen LogP contribution in [0.5, 0.6) is 0 Å². The first-order valence-corrected chi connectivity index (χ1v) is 6.77. The molecular formula is C16H24B2O2. The van der Waals surface area contributed by atoms with E-state index in [9.17, 15) is 0 Å². The van der Waals surface area contributed by atoms with Gasteiger partial charge in [0, 0.05) is 6.61 Å². The average molecular weight is 270 g/mol. The first-order valence-electron chi connectivity index (χ1n) is 6.77. The second kappa shape index (κ2) is 12.4. The highest BCUT2D eigenvalue weighted by atomic mass is 16.6. The van der Waals surface area contributed by atoms with Crippen LogP contribution in [0.15, 0.2) is 73.1 Å². The van der Waals surface area contributed by atoms with Gasteiger partial charge in [-0.2, -0.15) is 0 Å². The molecule has 0 aromatic heterocycles. The minimum Gasteiger partial charge on any atom is -0.542 e. The van der Waals surface area contributed by atoms with Crippen LogP contribution in [0.3, 0.4) is 0 Å². The molecule has 1 unspecified atom stereocenters. The highest BCUT2D eigenvalue weighted by Crippen LogP contribution is 2.15. The highest BCUT2D eigenvalue weighted by Gasteiger charge is 2.06. The number of allylic oxidation sites excluding steroid dienone is 9. The summed E-state index contributed by atoms with van der Waals surface area (Å²) in [5.74, 6) is 1.14. The third-order valence-corrected chi connectivity index (χ3v) is 2.64. The molecule has 0 aromatic rings. The summed E-state index contributed by atoms with van der Waals surface area (Å²) in [6, 6.07) is 0. The zero-order valence-electron chi connectivity index (χ0n) is 12.8. The molecule has 0 radical (unpaired) electrons. The van der Waals surface area contributed by atoms with Gasteiger partial charge in [0.2, 0.25) is 0 Å². The van der Waals surface area contributed by atoms with Crippen molar-refractivity contribution in [1.82, 2.24) is 0 Å². The van der Waals surface area contributed by atoms with Crippen LogP contribution in [0.25, 0.3) is 0 Å². The van der Waals surface area contributed by atoms with Crippen molar-refractivity contribution < 1.29 is 9.31 Å². The Bertz CT molecular complexity index is 407. The molecule has 2 nitrogen and oxygen atoms in total. The molecule has 0 amide bonds. The van der Waals surface area contributed by atoms with Crippen molar-refractivity contribution in [2.45, 2.75) is 19.7 Å². The molecule has 106 valence electrons. The molecule has 0 heterocycles. The Morgan fingerprint density at radius 1 is 1.25 bits per heavy atom. The van der Waals surface area contributed by atoms with Crippen molar-refractivity contribution in [2.75, 3.05) is 6.61 Å². The van der Waals surface area contributed by atoms with Crippen LogP contribution in [-0.2, 0) is 9.31 Å². The molecule has 0 saturated heterocycles. The van der Waals surface area contributed by atoms with Gasteiger partial charge in [0.05, 0.1) is 5.76 Å². The van der Waals surface area contributed by atoms with E-state index in [2.05, 4.69) is 27.1 Å². The van der Waals surface area contributed by atoms with Crippen molar-refractivity contribution in [2.24, 2.45) is 0 Å². The second-order valence-electron chi connectivity index (χ2n) is 4.32. The van der Waals surface area contributed by atoms with Gasteiger partial charge in [0.25, 0.3) is 0 Å². The molecule has 4 heteroatoms. The first-order chi connectivity index (χ1) is 9.65. The number of rotatable bonds is 10. The zero-order valence-corrected chi connectivity index (χ0v) is 12.8. The monoisotopic (exact) mass is 270 g/mol. The molecule has 0 aromatic carbocycles. The van der Waals surface area contributed by atoms with Gasteiger partial charge in [-0.1, -0.05) is 61.3 Å². The molecular weight excluding hydrogens is 246 g/mol. The average Bonchev–Trinajstić information content (AvgIpc) is 2.44. The third-order valence-electron chi connectivity index (χ3n) is 2.64. The Morgan fingerprint density at radius 3 is 2.55 bits per heavy atom. The van der Waals surface area contributed by atoms with E-state index in [1.807, 2.05) is 44.2 Å². The molecule has 0 aliphatic heterocycles. The van der Waals surface area contributed by atoms with Gasteiger partial charge in [-0.3, -0.25) is 0 Å². The van der Waals surface area contributed by atoms with E-state index in [1.54, 1.807) is 12.2 Å². The minimum atomic E-state index is 0.261. The fourth-order valence-corrected chi connectivity index (χ4v) is 1.50. The number of hydrogen-bond acceptors (Lipinski definition) is 2. The molecule has 20 heavy (non-hydrogen) atoms. The van der Waals surface area contributed by atoms with Crippen LogP contribution in [0, 0.1) is 0 Å². The predicted octanol–water partition coefficient (Wildman–Crippen LogP) is 3.04. The Labute approximate surface area is 125 Å². The third kappa shape index (κ3) is 9.29. The zero-order chi connectivity index (χ0) is 15.2. The van der Waals surface area contributed by atoms with E-state index in [0.29, 0.717) is 12.4 Å². The van der Waals surface area contributed by atoms with Crippen LogP contribution in [0.1, 0.15) is 13.8 Å². The molecule has 0 spiro atoms. The summed E-state index contributed by atoms with van der Waals surface area (Å²) in [5.41, 5.74) is 1.23. The quantitative estimate of drug-likeness (QED) is 0.263. The van der Waals surface area contributed by atoms with Crippen LogP contribution in [0.2, 0.25) is 5.82 Å². The minimum absolute atomic E-state index is 0.261. The largest absolute Gasteiger partial charge is 0.542 e. The van der Waals surface area contributed by atoms with Gasteiger partial charge in [-0.15, -0.1) is 0 Å². The fourth-order valence-electron chi connectivity index (χ4n) is 1.50. The Morgan fingerprint density at radius 2 is 1.95 bits per heavy atom. The van der Waals surface area contributed by atoms with Gasteiger partial charge >= 0.3 is 7.69 Å². The van der Waals surface area contributed by atoms with Crippen LogP contribution < -0.4 is 0 Å². The standard InChI is InChI=1S/C16H24B2O2/c1-5-8-10-11-14(4)20-18-19-13-16(17)15(7-3)12-9-6-2/h5-12,16,18H,1-2,13,17H2,3-4H3/b10-8-,12-9-,14-11+,15-7+. The van der Waals surface area contributed by atoms with Crippen LogP contribution in [-0.4, -0.2) is 22.1 Å². The molecule has 0 saturated carbocycles. The summed E-state index contributed by atoms with van der Waals surface area (Å²) in [6.07, 6.45) is 15.2. The molecule has 0 aliphatic carbocycles. The lowest BCUT2D eigenvalue weighted by atomic mass is 9.81. The SMILES string of the molecule is BC(COBO/C(C)=C/C=C\C=C)C(/C=C\C=C)=C/C. The lowest BCUT2D eigenvalue weighted by Crippen LogP contribution is -2.10. The fraction of sp³-hybridized carbons (Fsp3) is 0.250. The van der Waals surface area contributed by atoms with Crippen molar-refractivity contribution in [1.29, 1.82) is 0 Å². The summed E-state index contributed by atoms with van der Waals surface area (Å²) < 4.78 is 11.0. The van der Waals surface area contributed by atoms with Crippen LogP contribution in [0.4, 0.5) is 0 Å². The lowest BCUT2D eigenvalue weighted by molar-refractivity contribution is 0.265. The second-order valence-corrected chi connectivity index (χ2v) is 4.32. The normalized spacial score (nSPS) is 14.5. The van der Waals surface area contributed by atoms with Gasteiger partial charge in [0.1, 0.15) is 7.85 Å². The van der Waals surface area contributed by atoms with Gasteiger partial charge in [-0.05, 0) is 25.7 Å². The van der Waals surface area contributed by atoms with Crippen molar-refractivity contribution in [3.63, 3.8) is 0 Å². The van der Waals surface area contributed by atoms with Gasteiger partial charge in [-0.25, -0.2) is 0 Å². The predicted molar refractivity (Wildman–Crippen MR) is 92.7 cm³/mol. The summed E-state index contributed by atoms with van der Waals surface area (Å²) in [7, 11) is 2.38. The van der Waals surface area contributed by atoms with E-state index in [1.165, 1.54) is 5.57 Å². The Hall–Kier alpha value is -1.67. The van der Waals surface area contributed by atoms with Crippen molar-refractivity contribution >= 4 is 15.5 Å². The van der Waals surface area contributed by atoms with Gasteiger partial charge < -0.3 is 9.31 Å². The lowest BCUT2D eigenvalue weighted by Gasteiger charge is -2.13. The highest BCUT2D eigenvalue weighted by molar-refractivity contribution is 6.19. The summed E-state index contributed by atoms with van der Waals surface area (Å²) in [4.78, 5) is 0. The van der Waals surface area contributed by atoms with Gasteiger partial charge in [0.15, 0.2) is 0 Å². The topological polar surface area (TPSA) is 18.5 Å². The van der Waals surface area contributed by atoms with E-state index in [0.717, 1.165) is 5.76 Å². The van der Waals surface area contributed by atoms with E-state index < -0.39 is 0 Å². The Kier molecular flexibility index (Phi) is 11.3. The maximum atomic E-state index is 5.53. The van der Waals surface area contributed by atoms with E-state index in [-0.39, 0.29) is 7.69 Å². The first kappa shape index (κ1) is 18.3. The molecule has 0 aliphatic rings. The smallest absolute Gasteiger partial charge is 0.506 e. The maximum absolute atomic E-state index is 5.53. The van der Waals surface area contributed by atoms with Crippen molar-refractivity contribution in [3.8, 4) is 0 Å². The molecule has 0 fully saturated rings. The molecule has 0 rings (SSSR count).